The lowest BCUT2D eigenvalue weighted by atomic mass is 9.92. The van der Waals surface area contributed by atoms with Gasteiger partial charge in [-0.1, -0.05) is 26.8 Å². The molecule has 3 nitrogen and oxygen atoms in total. The molecule has 2 aromatic rings. The molecule has 0 aliphatic carbocycles. The molecule has 1 heterocycles. The van der Waals surface area contributed by atoms with E-state index in [1.54, 1.807) is 6.07 Å². The zero-order valence-corrected chi connectivity index (χ0v) is 12.2. The van der Waals surface area contributed by atoms with E-state index in [1.807, 2.05) is 26.8 Å². The second-order valence-electron chi connectivity index (χ2n) is 5.93. The van der Waals surface area contributed by atoms with Crippen LogP contribution in [-0.2, 0) is 18.1 Å². The average molecular weight is 297 g/mol. The summed E-state index contributed by atoms with van der Waals surface area (Å²) in [6.07, 6.45) is -4.38. The highest BCUT2D eigenvalue weighted by atomic mass is 19.4. The van der Waals surface area contributed by atoms with Crippen LogP contribution >= 0.6 is 0 Å². The largest absolute Gasteiger partial charge is 0.416 e. The summed E-state index contributed by atoms with van der Waals surface area (Å²) in [5.74, 6) is 0. The minimum Gasteiger partial charge on any atom is -0.325 e. The van der Waals surface area contributed by atoms with E-state index in [-0.39, 0.29) is 12.0 Å². The van der Waals surface area contributed by atoms with Crippen LogP contribution < -0.4 is 5.73 Å². The van der Waals surface area contributed by atoms with Crippen molar-refractivity contribution < 1.29 is 13.2 Å². The standard InChI is InChI=1S/C15H18F3N3/c1-14(2,3)13-8-12(9-19)21(20-13)11-6-4-5-10(7-11)15(16,17)18/h4-8H,9,19H2,1-3H3. The van der Waals surface area contributed by atoms with Crippen molar-refractivity contribution in [2.24, 2.45) is 5.73 Å². The van der Waals surface area contributed by atoms with Gasteiger partial charge >= 0.3 is 6.18 Å². The Morgan fingerprint density at radius 3 is 2.33 bits per heavy atom. The Kier molecular flexibility index (Phi) is 3.84. The number of rotatable bonds is 2. The summed E-state index contributed by atoms with van der Waals surface area (Å²) in [7, 11) is 0. The van der Waals surface area contributed by atoms with E-state index in [0.717, 1.165) is 17.8 Å². The summed E-state index contributed by atoms with van der Waals surface area (Å²) < 4.78 is 39.9. The van der Waals surface area contributed by atoms with Crippen molar-refractivity contribution in [3.8, 4) is 5.69 Å². The third-order valence-electron chi connectivity index (χ3n) is 3.18. The molecule has 1 aromatic heterocycles. The molecule has 6 heteroatoms. The van der Waals surface area contributed by atoms with Gasteiger partial charge in [-0.3, -0.25) is 0 Å². The number of benzene rings is 1. The van der Waals surface area contributed by atoms with Gasteiger partial charge in [0.25, 0.3) is 0 Å². The first-order valence-corrected chi connectivity index (χ1v) is 6.60. The fourth-order valence-electron chi connectivity index (χ4n) is 1.97. The lowest BCUT2D eigenvalue weighted by molar-refractivity contribution is -0.137. The van der Waals surface area contributed by atoms with E-state index in [1.165, 1.54) is 10.7 Å². The van der Waals surface area contributed by atoms with E-state index in [0.29, 0.717) is 11.4 Å². The normalized spacial score (nSPS) is 12.7. The SMILES string of the molecule is CC(C)(C)c1cc(CN)n(-c2cccc(C(F)(F)F)c2)n1. The van der Waals surface area contributed by atoms with E-state index < -0.39 is 11.7 Å². The first-order valence-electron chi connectivity index (χ1n) is 6.60. The van der Waals surface area contributed by atoms with Crippen LogP contribution in [0.5, 0.6) is 0 Å². The first-order chi connectivity index (χ1) is 9.63. The number of halogens is 3. The minimum atomic E-state index is -4.38. The van der Waals surface area contributed by atoms with Gasteiger partial charge in [0, 0.05) is 12.0 Å². The van der Waals surface area contributed by atoms with Crippen LogP contribution in [0, 0.1) is 0 Å². The van der Waals surface area contributed by atoms with Gasteiger partial charge < -0.3 is 5.73 Å². The van der Waals surface area contributed by atoms with Crippen LogP contribution in [0.15, 0.2) is 30.3 Å². The van der Waals surface area contributed by atoms with Gasteiger partial charge in [-0.05, 0) is 24.3 Å². The highest BCUT2D eigenvalue weighted by Gasteiger charge is 2.31. The first kappa shape index (κ1) is 15.6. The van der Waals surface area contributed by atoms with Gasteiger partial charge in [-0.25, -0.2) is 4.68 Å². The number of nitrogens with two attached hydrogens (primary N) is 1. The highest BCUT2D eigenvalue weighted by Crippen LogP contribution is 2.31. The molecular formula is C15H18F3N3. The Bertz CT molecular complexity index is 636. The van der Waals surface area contributed by atoms with Gasteiger partial charge in [-0.15, -0.1) is 0 Å². The van der Waals surface area contributed by atoms with Crippen molar-refractivity contribution in [1.82, 2.24) is 9.78 Å². The topological polar surface area (TPSA) is 43.8 Å². The summed E-state index contributed by atoms with van der Waals surface area (Å²) in [6.45, 7) is 6.18. The number of alkyl halides is 3. The summed E-state index contributed by atoms with van der Waals surface area (Å²) in [5.41, 5.74) is 6.62. The van der Waals surface area contributed by atoms with Gasteiger partial charge in [0.15, 0.2) is 0 Å². The molecule has 2 N–H and O–H groups in total. The second kappa shape index (κ2) is 5.18. The third kappa shape index (κ3) is 3.26. The number of hydrogen-bond acceptors (Lipinski definition) is 2. The van der Waals surface area contributed by atoms with Crippen LogP contribution in [0.2, 0.25) is 0 Å². The van der Waals surface area contributed by atoms with Crippen molar-refractivity contribution in [3.63, 3.8) is 0 Å². The van der Waals surface area contributed by atoms with Gasteiger partial charge in [0.05, 0.1) is 22.6 Å². The fourth-order valence-corrected chi connectivity index (χ4v) is 1.97. The smallest absolute Gasteiger partial charge is 0.325 e. The van der Waals surface area contributed by atoms with Crippen molar-refractivity contribution in [1.29, 1.82) is 0 Å². The molecule has 0 aliphatic heterocycles. The van der Waals surface area contributed by atoms with Gasteiger partial charge in [0.1, 0.15) is 0 Å². The maximum absolute atomic E-state index is 12.8. The van der Waals surface area contributed by atoms with Crippen molar-refractivity contribution in [2.75, 3.05) is 0 Å². The molecule has 0 atom stereocenters. The van der Waals surface area contributed by atoms with E-state index in [2.05, 4.69) is 5.10 Å². The Labute approximate surface area is 121 Å². The molecule has 0 saturated carbocycles. The molecule has 1 aromatic carbocycles. The van der Waals surface area contributed by atoms with Gasteiger partial charge in [0.2, 0.25) is 0 Å². The quantitative estimate of drug-likeness (QED) is 0.919. The van der Waals surface area contributed by atoms with E-state index in [4.69, 9.17) is 5.73 Å². The van der Waals surface area contributed by atoms with E-state index >= 15 is 0 Å². The molecule has 114 valence electrons. The number of hydrogen-bond donors (Lipinski definition) is 1. The Balaban J connectivity index is 2.54. The molecule has 0 unspecified atom stereocenters. The molecule has 2 rings (SSSR count). The van der Waals surface area contributed by atoms with Crippen LogP contribution in [-0.4, -0.2) is 9.78 Å². The number of nitrogens with zero attached hydrogens (tertiary/aromatic N) is 2. The monoisotopic (exact) mass is 297 g/mol. The third-order valence-corrected chi connectivity index (χ3v) is 3.18. The lowest BCUT2D eigenvalue weighted by Crippen LogP contribution is -2.13. The Morgan fingerprint density at radius 2 is 1.81 bits per heavy atom. The van der Waals surface area contributed by atoms with Crippen LogP contribution in [0.3, 0.4) is 0 Å². The van der Waals surface area contributed by atoms with Crippen LogP contribution in [0.1, 0.15) is 37.7 Å². The fraction of sp³-hybridized carbons (Fsp3) is 0.400. The molecule has 0 bridgehead atoms. The molecule has 0 aliphatic rings. The average Bonchev–Trinajstić information content (AvgIpc) is 2.82. The second-order valence-corrected chi connectivity index (χ2v) is 5.93. The minimum absolute atomic E-state index is 0.198. The molecule has 0 amide bonds. The van der Waals surface area contributed by atoms with E-state index in [9.17, 15) is 13.2 Å². The maximum Gasteiger partial charge on any atom is 0.416 e. The van der Waals surface area contributed by atoms with Crippen LogP contribution in [0.25, 0.3) is 5.69 Å². The van der Waals surface area contributed by atoms with Crippen molar-refractivity contribution >= 4 is 0 Å². The Hall–Kier alpha value is -1.82. The molecule has 0 spiro atoms. The summed E-state index contributed by atoms with van der Waals surface area (Å²) >= 11 is 0. The lowest BCUT2D eigenvalue weighted by Gasteiger charge is -2.14. The molecule has 0 saturated heterocycles. The molecule has 0 radical (unpaired) electrons. The molecular weight excluding hydrogens is 279 g/mol. The van der Waals surface area contributed by atoms with Crippen LogP contribution in [0.4, 0.5) is 13.2 Å². The summed E-state index contributed by atoms with van der Waals surface area (Å²) in [6, 6.07) is 6.92. The zero-order valence-electron chi connectivity index (χ0n) is 12.2. The predicted molar refractivity (Wildman–Crippen MR) is 75.2 cm³/mol. The summed E-state index contributed by atoms with van der Waals surface area (Å²) in [5, 5.41) is 4.42. The maximum atomic E-state index is 12.8. The highest BCUT2D eigenvalue weighted by molar-refractivity contribution is 5.39. The Morgan fingerprint density at radius 1 is 1.14 bits per heavy atom. The zero-order chi connectivity index (χ0) is 15.8. The van der Waals surface area contributed by atoms with Crippen molar-refractivity contribution in [3.05, 3.63) is 47.3 Å². The predicted octanol–water partition coefficient (Wildman–Crippen LogP) is 3.65. The summed E-state index contributed by atoms with van der Waals surface area (Å²) in [4.78, 5) is 0. The molecule has 21 heavy (non-hydrogen) atoms. The van der Waals surface area contributed by atoms with Gasteiger partial charge in [-0.2, -0.15) is 18.3 Å². The number of aromatic nitrogens is 2. The molecule has 0 fully saturated rings. The van der Waals surface area contributed by atoms with Crippen molar-refractivity contribution in [2.45, 2.75) is 38.9 Å².